The van der Waals surface area contributed by atoms with Crippen LogP contribution in [0.1, 0.15) is 66.8 Å². The second-order valence-corrected chi connectivity index (χ2v) is 10.7. The zero-order chi connectivity index (χ0) is 24.6. The summed E-state index contributed by atoms with van der Waals surface area (Å²) in [5, 5.41) is 14.4. The minimum atomic E-state index is -0.950. The predicted octanol–water partition coefficient (Wildman–Crippen LogP) is 4.66. The zero-order valence-electron chi connectivity index (χ0n) is 20.7. The Morgan fingerprint density at radius 3 is 2.72 bits per heavy atom. The first-order valence-corrected chi connectivity index (χ1v) is 13.4. The SMILES string of the molecule is O=C(O)c1ccc2c(C3CCCCC3)c(-c3cccnc3)n(CC(=O)N3CCC4NCCC4C3)c2c1. The van der Waals surface area contributed by atoms with E-state index in [9.17, 15) is 14.7 Å². The number of piperidine rings is 1. The van der Waals surface area contributed by atoms with Crippen molar-refractivity contribution in [2.75, 3.05) is 19.6 Å². The van der Waals surface area contributed by atoms with Gasteiger partial charge in [-0.2, -0.15) is 0 Å². The number of aromatic nitrogens is 2. The van der Waals surface area contributed by atoms with Gasteiger partial charge in [0.15, 0.2) is 0 Å². The Balaban J connectivity index is 1.47. The van der Waals surface area contributed by atoms with Crippen LogP contribution in [0.4, 0.5) is 0 Å². The number of rotatable bonds is 5. The maximum atomic E-state index is 13.7. The van der Waals surface area contributed by atoms with Crippen LogP contribution in [0.3, 0.4) is 0 Å². The number of aromatic carboxylic acids is 1. The largest absolute Gasteiger partial charge is 0.478 e. The van der Waals surface area contributed by atoms with Gasteiger partial charge in [0.1, 0.15) is 6.54 Å². The third kappa shape index (κ3) is 4.19. The van der Waals surface area contributed by atoms with E-state index in [1.807, 2.05) is 23.2 Å². The highest BCUT2D eigenvalue weighted by atomic mass is 16.4. The van der Waals surface area contributed by atoms with Crippen LogP contribution in [0, 0.1) is 5.92 Å². The highest BCUT2D eigenvalue weighted by Gasteiger charge is 2.35. The van der Waals surface area contributed by atoms with Crippen molar-refractivity contribution in [3.63, 3.8) is 0 Å². The van der Waals surface area contributed by atoms with Crippen LogP contribution in [0.25, 0.3) is 22.2 Å². The van der Waals surface area contributed by atoms with Crippen molar-refractivity contribution in [1.29, 1.82) is 0 Å². The van der Waals surface area contributed by atoms with Gasteiger partial charge >= 0.3 is 5.97 Å². The number of pyridine rings is 1. The lowest BCUT2D eigenvalue weighted by atomic mass is 9.82. The van der Waals surface area contributed by atoms with Crippen molar-refractivity contribution in [3.8, 4) is 11.3 Å². The zero-order valence-corrected chi connectivity index (χ0v) is 20.7. The summed E-state index contributed by atoms with van der Waals surface area (Å²) in [5.74, 6) is 0.0781. The van der Waals surface area contributed by atoms with Crippen LogP contribution in [-0.2, 0) is 11.3 Å². The summed E-state index contributed by atoms with van der Waals surface area (Å²) in [6.45, 7) is 2.81. The lowest BCUT2D eigenvalue weighted by molar-refractivity contribution is -0.133. The first kappa shape index (κ1) is 23.2. The smallest absolute Gasteiger partial charge is 0.335 e. The van der Waals surface area contributed by atoms with Crippen LogP contribution in [0.15, 0.2) is 42.7 Å². The highest BCUT2D eigenvalue weighted by Crippen LogP contribution is 2.44. The minimum absolute atomic E-state index is 0.110. The highest BCUT2D eigenvalue weighted by molar-refractivity contribution is 5.99. The van der Waals surface area contributed by atoms with Crippen LogP contribution in [0.5, 0.6) is 0 Å². The fourth-order valence-electron chi connectivity index (χ4n) is 6.80. The van der Waals surface area contributed by atoms with Gasteiger partial charge in [-0.1, -0.05) is 25.3 Å². The number of nitrogens with zero attached hydrogens (tertiary/aromatic N) is 3. The number of benzene rings is 1. The Bertz CT molecular complexity index is 1280. The molecule has 0 spiro atoms. The molecule has 0 bridgehead atoms. The van der Waals surface area contributed by atoms with E-state index in [2.05, 4.69) is 20.9 Å². The second-order valence-electron chi connectivity index (χ2n) is 10.7. The third-order valence-electron chi connectivity index (χ3n) is 8.60. The number of amides is 1. The molecule has 2 N–H and O–H groups in total. The number of likely N-dealkylation sites (tertiary alicyclic amines) is 1. The molecule has 188 valence electrons. The molecule has 2 aliphatic heterocycles. The maximum absolute atomic E-state index is 13.7. The summed E-state index contributed by atoms with van der Waals surface area (Å²) in [6.07, 6.45) is 11.6. The number of carbonyl (C=O) groups is 2. The first-order valence-electron chi connectivity index (χ1n) is 13.4. The Kier molecular flexibility index (Phi) is 6.25. The number of carbonyl (C=O) groups excluding carboxylic acids is 1. The Morgan fingerprint density at radius 2 is 1.94 bits per heavy atom. The number of fused-ring (bicyclic) bond motifs is 2. The molecule has 7 heteroatoms. The Morgan fingerprint density at radius 1 is 1.08 bits per heavy atom. The van der Waals surface area contributed by atoms with E-state index >= 15 is 0 Å². The molecule has 1 saturated carbocycles. The van der Waals surface area contributed by atoms with E-state index < -0.39 is 5.97 Å². The predicted molar refractivity (Wildman–Crippen MR) is 139 cm³/mol. The molecule has 6 rings (SSSR count). The molecule has 2 aromatic heterocycles. The molecule has 2 atom stereocenters. The van der Waals surface area contributed by atoms with E-state index in [4.69, 9.17) is 0 Å². The number of carboxylic acids is 1. The molecule has 1 aromatic carbocycles. The van der Waals surface area contributed by atoms with Gasteiger partial charge in [0, 0.05) is 42.5 Å². The lowest BCUT2D eigenvalue weighted by Crippen LogP contribution is -2.47. The molecule has 4 heterocycles. The molecule has 2 unspecified atom stereocenters. The fourth-order valence-corrected chi connectivity index (χ4v) is 6.80. The molecule has 2 saturated heterocycles. The van der Waals surface area contributed by atoms with Gasteiger partial charge in [-0.25, -0.2) is 4.79 Å². The summed E-state index contributed by atoms with van der Waals surface area (Å²) >= 11 is 0. The summed E-state index contributed by atoms with van der Waals surface area (Å²) in [4.78, 5) is 32.1. The van der Waals surface area contributed by atoms with Crippen LogP contribution >= 0.6 is 0 Å². The van der Waals surface area contributed by atoms with Crippen molar-refractivity contribution in [2.45, 2.75) is 63.5 Å². The van der Waals surface area contributed by atoms with E-state index in [0.29, 0.717) is 17.9 Å². The lowest BCUT2D eigenvalue weighted by Gasteiger charge is -2.35. The molecule has 7 nitrogen and oxygen atoms in total. The van der Waals surface area contributed by atoms with Crippen LogP contribution in [0.2, 0.25) is 0 Å². The van der Waals surface area contributed by atoms with E-state index in [-0.39, 0.29) is 18.0 Å². The van der Waals surface area contributed by atoms with Gasteiger partial charge in [0.25, 0.3) is 0 Å². The maximum Gasteiger partial charge on any atom is 0.335 e. The molecule has 36 heavy (non-hydrogen) atoms. The van der Waals surface area contributed by atoms with Gasteiger partial charge in [-0.05, 0) is 73.9 Å². The standard InChI is InChI=1S/C29H34N4O3/c34-26(32-14-11-24-22(17-32)10-13-31-24)18-33-25-15-20(29(35)36)8-9-23(25)27(19-5-2-1-3-6-19)28(33)21-7-4-12-30-16-21/h4,7-9,12,15-16,19,22,24,31H,1-3,5-6,10-11,13-14,17-18H2,(H,35,36). The number of carboxylic acid groups (broad SMARTS) is 1. The summed E-state index contributed by atoms with van der Waals surface area (Å²) in [6, 6.07) is 9.94. The molecule has 1 amide bonds. The van der Waals surface area contributed by atoms with Crippen molar-refractivity contribution in [1.82, 2.24) is 19.8 Å². The van der Waals surface area contributed by atoms with Gasteiger partial charge in [0.2, 0.25) is 5.91 Å². The topological polar surface area (TPSA) is 87.5 Å². The van der Waals surface area contributed by atoms with E-state index in [1.54, 1.807) is 18.3 Å². The average Bonchev–Trinajstić information content (AvgIpc) is 3.51. The quantitative estimate of drug-likeness (QED) is 0.548. The molecule has 0 radical (unpaired) electrons. The van der Waals surface area contributed by atoms with E-state index in [1.165, 1.54) is 24.8 Å². The van der Waals surface area contributed by atoms with Crippen molar-refractivity contribution < 1.29 is 14.7 Å². The van der Waals surface area contributed by atoms with Crippen LogP contribution < -0.4 is 5.32 Å². The number of hydrogen-bond acceptors (Lipinski definition) is 4. The number of hydrogen-bond donors (Lipinski definition) is 2. The molecular weight excluding hydrogens is 452 g/mol. The van der Waals surface area contributed by atoms with Crippen LogP contribution in [-0.4, -0.2) is 57.1 Å². The summed E-state index contributed by atoms with van der Waals surface area (Å²) < 4.78 is 2.09. The normalized spacial score (nSPS) is 22.6. The summed E-state index contributed by atoms with van der Waals surface area (Å²) in [7, 11) is 0. The third-order valence-corrected chi connectivity index (χ3v) is 8.60. The molecule has 3 aliphatic rings. The molecular formula is C29H34N4O3. The van der Waals surface area contributed by atoms with Gasteiger partial charge < -0.3 is 19.9 Å². The summed E-state index contributed by atoms with van der Waals surface area (Å²) in [5.41, 5.74) is 4.34. The molecule has 3 fully saturated rings. The second kappa shape index (κ2) is 9.69. The van der Waals surface area contributed by atoms with Gasteiger partial charge in [-0.15, -0.1) is 0 Å². The van der Waals surface area contributed by atoms with Crippen molar-refractivity contribution >= 4 is 22.8 Å². The molecule has 3 aromatic rings. The van der Waals surface area contributed by atoms with Crippen molar-refractivity contribution in [3.05, 3.63) is 53.9 Å². The van der Waals surface area contributed by atoms with Gasteiger partial charge in [0.05, 0.1) is 16.8 Å². The first-order chi connectivity index (χ1) is 17.6. The van der Waals surface area contributed by atoms with Crippen molar-refractivity contribution in [2.24, 2.45) is 5.92 Å². The minimum Gasteiger partial charge on any atom is -0.478 e. The number of nitrogens with one attached hydrogen (secondary N) is 1. The van der Waals surface area contributed by atoms with Gasteiger partial charge in [-0.3, -0.25) is 9.78 Å². The molecule has 1 aliphatic carbocycles. The Hall–Kier alpha value is -3.19. The monoisotopic (exact) mass is 486 g/mol. The average molecular weight is 487 g/mol. The Labute approximate surface area is 211 Å². The van der Waals surface area contributed by atoms with E-state index in [0.717, 1.165) is 67.5 Å². The fraction of sp³-hybridized carbons (Fsp3) is 0.483.